The van der Waals surface area contributed by atoms with E-state index in [1.54, 1.807) is 11.3 Å². The first-order valence-electron chi connectivity index (χ1n) is 3.97. The molecule has 0 radical (unpaired) electrons. The SMILES string of the molecule is N#Cc1cc2cc(I)sc2cc1CO. The van der Waals surface area contributed by atoms with Crippen molar-refractivity contribution in [2.75, 3.05) is 0 Å². The molecule has 1 aromatic heterocycles. The van der Waals surface area contributed by atoms with Crippen molar-refractivity contribution in [1.29, 1.82) is 5.26 Å². The number of hydrogen-bond acceptors (Lipinski definition) is 3. The van der Waals surface area contributed by atoms with Gasteiger partial charge in [-0.2, -0.15) is 5.26 Å². The van der Waals surface area contributed by atoms with Crippen LogP contribution in [-0.4, -0.2) is 5.11 Å². The fraction of sp³-hybridized carbons (Fsp3) is 0.100. The van der Waals surface area contributed by atoms with E-state index in [-0.39, 0.29) is 6.61 Å². The second kappa shape index (κ2) is 3.85. The Morgan fingerprint density at radius 2 is 2.21 bits per heavy atom. The van der Waals surface area contributed by atoms with Crippen LogP contribution in [0.4, 0.5) is 0 Å². The quantitative estimate of drug-likeness (QED) is 0.823. The van der Waals surface area contributed by atoms with Crippen LogP contribution in [0, 0.1) is 14.2 Å². The third-order valence-electron chi connectivity index (χ3n) is 2.00. The smallest absolute Gasteiger partial charge is 0.0995 e. The lowest BCUT2D eigenvalue weighted by Crippen LogP contribution is -1.88. The molecule has 0 unspecified atom stereocenters. The highest BCUT2D eigenvalue weighted by Gasteiger charge is 2.06. The molecule has 70 valence electrons. The standard InChI is InChI=1S/C10H6INOS/c11-10-3-6-1-7(4-12)8(5-13)2-9(6)14-10/h1-3,13H,5H2. The van der Waals surface area contributed by atoms with E-state index in [2.05, 4.69) is 28.7 Å². The average Bonchev–Trinajstić information content (AvgIpc) is 2.54. The summed E-state index contributed by atoms with van der Waals surface area (Å²) in [5.41, 5.74) is 1.27. The molecule has 14 heavy (non-hydrogen) atoms. The van der Waals surface area contributed by atoms with Crippen molar-refractivity contribution >= 4 is 44.0 Å². The Morgan fingerprint density at radius 3 is 2.86 bits per heavy atom. The largest absolute Gasteiger partial charge is 0.392 e. The Hall–Kier alpha value is -0.640. The van der Waals surface area contributed by atoms with Crippen LogP contribution >= 0.6 is 33.9 Å². The van der Waals surface area contributed by atoms with Crippen molar-refractivity contribution in [2.45, 2.75) is 6.61 Å². The number of aliphatic hydroxyl groups is 1. The molecule has 2 rings (SSSR count). The number of rotatable bonds is 1. The summed E-state index contributed by atoms with van der Waals surface area (Å²) in [5, 5.41) is 19.0. The van der Waals surface area contributed by atoms with Gasteiger partial charge in [-0.25, -0.2) is 0 Å². The van der Waals surface area contributed by atoms with Gasteiger partial charge in [0, 0.05) is 4.70 Å². The van der Waals surface area contributed by atoms with Gasteiger partial charge in [0.1, 0.15) is 0 Å². The van der Waals surface area contributed by atoms with Crippen LogP contribution in [0.15, 0.2) is 18.2 Å². The van der Waals surface area contributed by atoms with E-state index in [0.29, 0.717) is 11.1 Å². The van der Waals surface area contributed by atoms with Crippen molar-refractivity contribution in [2.24, 2.45) is 0 Å². The van der Waals surface area contributed by atoms with Crippen molar-refractivity contribution < 1.29 is 5.11 Å². The van der Waals surface area contributed by atoms with E-state index in [4.69, 9.17) is 10.4 Å². The molecule has 1 heterocycles. The van der Waals surface area contributed by atoms with Crippen LogP contribution in [0.1, 0.15) is 11.1 Å². The summed E-state index contributed by atoms with van der Waals surface area (Å²) in [6.45, 7) is -0.0761. The summed E-state index contributed by atoms with van der Waals surface area (Å²) in [7, 11) is 0. The fourth-order valence-electron chi connectivity index (χ4n) is 1.33. The Bertz CT molecular complexity index is 527. The molecular formula is C10H6INOS. The monoisotopic (exact) mass is 315 g/mol. The van der Waals surface area contributed by atoms with Gasteiger partial charge in [0.05, 0.1) is 21.1 Å². The number of halogens is 1. The maximum Gasteiger partial charge on any atom is 0.0995 e. The Balaban J connectivity index is 2.76. The summed E-state index contributed by atoms with van der Waals surface area (Å²) in [6, 6.07) is 7.86. The normalized spacial score (nSPS) is 10.4. The van der Waals surface area contributed by atoms with E-state index in [1.807, 2.05) is 18.2 Å². The number of nitriles is 1. The minimum atomic E-state index is -0.0761. The maximum atomic E-state index is 9.07. The van der Waals surface area contributed by atoms with Crippen LogP contribution in [0.25, 0.3) is 10.1 Å². The minimum absolute atomic E-state index is 0.0761. The zero-order valence-electron chi connectivity index (χ0n) is 7.12. The molecule has 0 amide bonds. The van der Waals surface area contributed by atoms with Crippen LogP contribution in [0.3, 0.4) is 0 Å². The Labute approximate surface area is 98.9 Å². The van der Waals surface area contributed by atoms with E-state index >= 15 is 0 Å². The molecule has 0 aliphatic rings. The molecule has 0 saturated carbocycles. The zero-order valence-corrected chi connectivity index (χ0v) is 10.1. The fourth-order valence-corrected chi connectivity index (χ4v) is 3.21. The van der Waals surface area contributed by atoms with Gasteiger partial charge in [-0.05, 0) is 51.7 Å². The molecule has 2 aromatic rings. The second-order valence-electron chi connectivity index (χ2n) is 2.87. The zero-order chi connectivity index (χ0) is 10.1. The summed E-state index contributed by atoms with van der Waals surface area (Å²) >= 11 is 3.92. The summed E-state index contributed by atoms with van der Waals surface area (Å²) < 4.78 is 2.31. The highest BCUT2D eigenvalue weighted by atomic mass is 127. The third kappa shape index (κ3) is 1.63. The van der Waals surface area contributed by atoms with Crippen LogP contribution in [0.2, 0.25) is 0 Å². The van der Waals surface area contributed by atoms with Crippen LogP contribution < -0.4 is 0 Å². The topological polar surface area (TPSA) is 44.0 Å². The van der Waals surface area contributed by atoms with Gasteiger partial charge in [-0.15, -0.1) is 11.3 Å². The first-order valence-corrected chi connectivity index (χ1v) is 5.87. The molecule has 4 heteroatoms. The van der Waals surface area contributed by atoms with Crippen LogP contribution in [0.5, 0.6) is 0 Å². The number of thiophene rings is 1. The van der Waals surface area contributed by atoms with Crippen LogP contribution in [-0.2, 0) is 6.61 Å². The number of fused-ring (bicyclic) bond motifs is 1. The molecule has 1 aromatic carbocycles. The van der Waals surface area contributed by atoms with Gasteiger partial charge in [-0.1, -0.05) is 0 Å². The van der Waals surface area contributed by atoms with E-state index in [1.165, 1.54) is 2.88 Å². The molecule has 0 saturated heterocycles. The van der Waals surface area contributed by atoms with Gasteiger partial charge in [0.25, 0.3) is 0 Å². The Kier molecular flexibility index (Phi) is 2.72. The van der Waals surface area contributed by atoms with E-state index < -0.39 is 0 Å². The molecule has 2 nitrogen and oxygen atoms in total. The molecule has 0 fully saturated rings. The minimum Gasteiger partial charge on any atom is -0.392 e. The highest BCUT2D eigenvalue weighted by molar-refractivity contribution is 14.1. The lowest BCUT2D eigenvalue weighted by atomic mass is 10.1. The van der Waals surface area contributed by atoms with Gasteiger partial charge in [-0.3, -0.25) is 0 Å². The number of nitrogens with zero attached hydrogens (tertiary/aromatic N) is 1. The molecule has 0 bridgehead atoms. The molecule has 1 N–H and O–H groups in total. The van der Waals surface area contributed by atoms with Crippen molar-refractivity contribution in [1.82, 2.24) is 0 Å². The molecular weight excluding hydrogens is 309 g/mol. The lowest BCUT2D eigenvalue weighted by molar-refractivity contribution is 0.281. The molecule has 0 atom stereocenters. The summed E-state index contributed by atoms with van der Waals surface area (Å²) in [4.78, 5) is 0. The van der Waals surface area contributed by atoms with E-state index in [9.17, 15) is 0 Å². The van der Waals surface area contributed by atoms with Crippen molar-refractivity contribution in [3.05, 3.63) is 32.2 Å². The molecule has 0 aliphatic heterocycles. The number of aliphatic hydroxyl groups excluding tert-OH is 1. The number of hydrogen-bond donors (Lipinski definition) is 1. The average molecular weight is 315 g/mol. The van der Waals surface area contributed by atoms with Crippen molar-refractivity contribution in [3.8, 4) is 6.07 Å². The molecule has 0 spiro atoms. The maximum absolute atomic E-state index is 9.07. The summed E-state index contributed by atoms with van der Waals surface area (Å²) in [5.74, 6) is 0. The van der Waals surface area contributed by atoms with Crippen molar-refractivity contribution in [3.63, 3.8) is 0 Å². The first kappa shape index (κ1) is 9.90. The number of benzene rings is 1. The Morgan fingerprint density at radius 1 is 1.43 bits per heavy atom. The lowest BCUT2D eigenvalue weighted by Gasteiger charge is -1.99. The van der Waals surface area contributed by atoms with Gasteiger partial charge in [0.15, 0.2) is 0 Å². The first-order chi connectivity index (χ1) is 6.74. The predicted octanol–water partition coefficient (Wildman–Crippen LogP) is 2.87. The van der Waals surface area contributed by atoms with E-state index in [0.717, 1.165) is 10.1 Å². The third-order valence-corrected chi connectivity index (χ3v) is 3.86. The highest BCUT2D eigenvalue weighted by Crippen LogP contribution is 2.29. The second-order valence-corrected chi connectivity index (χ2v) is 5.85. The predicted molar refractivity (Wildman–Crippen MR) is 65.2 cm³/mol. The molecule has 0 aliphatic carbocycles. The van der Waals surface area contributed by atoms with Gasteiger partial charge in [0.2, 0.25) is 0 Å². The van der Waals surface area contributed by atoms with Gasteiger partial charge < -0.3 is 5.11 Å². The van der Waals surface area contributed by atoms with Gasteiger partial charge >= 0.3 is 0 Å². The summed E-state index contributed by atoms with van der Waals surface area (Å²) in [6.07, 6.45) is 0.